The van der Waals surface area contributed by atoms with E-state index in [2.05, 4.69) is 23.2 Å². The van der Waals surface area contributed by atoms with E-state index in [1.807, 2.05) is 18.2 Å². The van der Waals surface area contributed by atoms with Gasteiger partial charge >= 0.3 is 5.97 Å². The van der Waals surface area contributed by atoms with Crippen LogP contribution in [-0.4, -0.2) is 42.2 Å². The fraction of sp³-hybridized carbons (Fsp3) is 0.588. The third-order valence-corrected chi connectivity index (χ3v) is 5.11. The summed E-state index contributed by atoms with van der Waals surface area (Å²) >= 11 is 0. The average Bonchev–Trinajstić information content (AvgIpc) is 2.77. The predicted octanol–water partition coefficient (Wildman–Crippen LogP) is 2.16. The van der Waals surface area contributed by atoms with Gasteiger partial charge in [-0.3, -0.25) is 4.90 Å². The first-order chi connectivity index (χ1) is 10.2. The Labute approximate surface area is 126 Å². The number of fused-ring (bicyclic) bond motifs is 1. The third-order valence-electron chi connectivity index (χ3n) is 5.11. The Morgan fingerprint density at radius 3 is 2.95 bits per heavy atom. The Bertz CT molecular complexity index is 523. The van der Waals surface area contributed by atoms with Gasteiger partial charge in [-0.25, -0.2) is 4.79 Å². The summed E-state index contributed by atoms with van der Waals surface area (Å²) in [7, 11) is 0. The first kappa shape index (κ1) is 14.5. The van der Waals surface area contributed by atoms with Crippen LogP contribution in [0, 0.1) is 0 Å². The molecule has 0 radical (unpaired) electrons. The summed E-state index contributed by atoms with van der Waals surface area (Å²) in [6, 6.07) is 8.13. The van der Waals surface area contributed by atoms with Gasteiger partial charge in [0.25, 0.3) is 0 Å². The van der Waals surface area contributed by atoms with Crippen LogP contribution in [0.5, 0.6) is 0 Å². The molecule has 4 nitrogen and oxygen atoms in total. The molecule has 0 saturated carbocycles. The van der Waals surface area contributed by atoms with Crippen molar-refractivity contribution in [3.05, 3.63) is 35.4 Å². The molecule has 1 aliphatic carbocycles. The predicted molar refractivity (Wildman–Crippen MR) is 82.5 cm³/mol. The highest BCUT2D eigenvalue weighted by Crippen LogP contribution is 2.45. The number of carbonyl (C=O) groups is 1. The Morgan fingerprint density at radius 1 is 1.33 bits per heavy atom. The van der Waals surface area contributed by atoms with Crippen LogP contribution in [0.2, 0.25) is 0 Å². The van der Waals surface area contributed by atoms with Gasteiger partial charge < -0.3 is 10.4 Å². The second-order valence-corrected chi connectivity index (χ2v) is 6.28. The lowest BCUT2D eigenvalue weighted by Gasteiger charge is -2.45. The molecule has 1 aromatic rings. The van der Waals surface area contributed by atoms with Gasteiger partial charge in [0.05, 0.1) is 0 Å². The second kappa shape index (κ2) is 5.78. The molecule has 1 heterocycles. The van der Waals surface area contributed by atoms with E-state index in [0.29, 0.717) is 12.3 Å². The number of nitrogens with zero attached hydrogens (tertiary/aromatic N) is 1. The molecular weight excluding hydrogens is 264 g/mol. The smallest absolute Gasteiger partial charge is 0.328 e. The number of rotatable bonds is 2. The van der Waals surface area contributed by atoms with Gasteiger partial charge in [0, 0.05) is 19.6 Å². The van der Waals surface area contributed by atoms with E-state index >= 15 is 0 Å². The van der Waals surface area contributed by atoms with Crippen LogP contribution in [-0.2, 0) is 10.3 Å². The zero-order valence-electron chi connectivity index (χ0n) is 12.6. The monoisotopic (exact) mass is 288 g/mol. The van der Waals surface area contributed by atoms with Crippen molar-refractivity contribution >= 4 is 5.97 Å². The van der Waals surface area contributed by atoms with Crippen molar-refractivity contribution in [3.8, 4) is 0 Å². The fourth-order valence-electron chi connectivity index (χ4n) is 3.93. The summed E-state index contributed by atoms with van der Waals surface area (Å²) in [4.78, 5) is 14.5. The Morgan fingerprint density at radius 2 is 2.14 bits per heavy atom. The molecule has 1 saturated heterocycles. The zero-order valence-corrected chi connectivity index (χ0v) is 12.6. The first-order valence-electron chi connectivity index (χ1n) is 7.95. The summed E-state index contributed by atoms with van der Waals surface area (Å²) in [5.41, 5.74) is 1.39. The standard InChI is InChI=1S/C17H24N2O2/c1-13-7-8-17(16(20)21,15-6-3-2-5-14(13)15)19-11-4-9-18-10-12-19/h2-3,5-6,13,18H,4,7-12H2,1H3,(H,20,21). The van der Waals surface area contributed by atoms with Crippen molar-refractivity contribution in [1.29, 1.82) is 0 Å². The minimum Gasteiger partial charge on any atom is -0.480 e. The van der Waals surface area contributed by atoms with E-state index in [1.54, 1.807) is 0 Å². The minimum absolute atomic E-state index is 0.443. The van der Waals surface area contributed by atoms with E-state index in [4.69, 9.17) is 0 Å². The zero-order chi connectivity index (χ0) is 14.9. The van der Waals surface area contributed by atoms with Crippen molar-refractivity contribution in [2.45, 2.75) is 37.6 Å². The van der Waals surface area contributed by atoms with E-state index in [9.17, 15) is 9.90 Å². The maximum atomic E-state index is 12.3. The van der Waals surface area contributed by atoms with Crippen LogP contribution in [0.3, 0.4) is 0 Å². The van der Waals surface area contributed by atoms with Crippen LogP contribution in [0.1, 0.15) is 43.2 Å². The lowest BCUT2D eigenvalue weighted by molar-refractivity contribution is -0.154. The highest BCUT2D eigenvalue weighted by atomic mass is 16.4. The largest absolute Gasteiger partial charge is 0.480 e. The van der Waals surface area contributed by atoms with Gasteiger partial charge in [0.1, 0.15) is 5.54 Å². The van der Waals surface area contributed by atoms with Crippen LogP contribution in [0.25, 0.3) is 0 Å². The minimum atomic E-state index is -0.838. The molecule has 1 fully saturated rings. The van der Waals surface area contributed by atoms with Crippen molar-refractivity contribution in [3.63, 3.8) is 0 Å². The first-order valence-corrected chi connectivity index (χ1v) is 7.95. The molecule has 0 aromatic heterocycles. The van der Waals surface area contributed by atoms with Gasteiger partial charge in [-0.05, 0) is 42.9 Å². The number of hydrogen-bond donors (Lipinski definition) is 2. The molecule has 0 spiro atoms. The molecule has 2 aliphatic rings. The van der Waals surface area contributed by atoms with E-state index in [0.717, 1.165) is 44.6 Å². The number of nitrogens with one attached hydrogen (secondary N) is 1. The maximum Gasteiger partial charge on any atom is 0.328 e. The van der Waals surface area contributed by atoms with Crippen molar-refractivity contribution in [2.24, 2.45) is 0 Å². The number of carboxylic acids is 1. The third kappa shape index (κ3) is 2.36. The Hall–Kier alpha value is -1.39. The topological polar surface area (TPSA) is 52.6 Å². The normalized spacial score (nSPS) is 30.4. The number of benzene rings is 1. The van der Waals surface area contributed by atoms with Gasteiger partial charge in [-0.2, -0.15) is 0 Å². The summed E-state index contributed by atoms with van der Waals surface area (Å²) in [6.45, 7) is 5.70. The lowest BCUT2D eigenvalue weighted by Crippen LogP contribution is -2.55. The maximum absolute atomic E-state index is 12.3. The molecule has 3 rings (SSSR count). The van der Waals surface area contributed by atoms with Crippen molar-refractivity contribution < 1.29 is 9.90 Å². The van der Waals surface area contributed by atoms with Gasteiger partial charge in [0.2, 0.25) is 0 Å². The molecule has 114 valence electrons. The lowest BCUT2D eigenvalue weighted by atomic mass is 9.71. The number of carboxylic acid groups (broad SMARTS) is 1. The molecule has 0 amide bonds. The van der Waals surface area contributed by atoms with E-state index < -0.39 is 11.5 Å². The fourth-order valence-corrected chi connectivity index (χ4v) is 3.93. The number of hydrogen-bond acceptors (Lipinski definition) is 3. The van der Waals surface area contributed by atoms with Crippen LogP contribution >= 0.6 is 0 Å². The molecule has 2 atom stereocenters. The van der Waals surface area contributed by atoms with Crippen LogP contribution < -0.4 is 5.32 Å². The molecule has 4 heteroatoms. The summed E-state index contributed by atoms with van der Waals surface area (Å²) in [5, 5.41) is 13.5. The molecule has 2 unspecified atom stereocenters. The summed E-state index contributed by atoms with van der Waals surface area (Å²) in [5.74, 6) is -0.248. The summed E-state index contributed by atoms with van der Waals surface area (Å²) in [6.07, 6.45) is 2.65. The van der Waals surface area contributed by atoms with Crippen molar-refractivity contribution in [1.82, 2.24) is 10.2 Å². The quantitative estimate of drug-likeness (QED) is 0.875. The Balaban J connectivity index is 2.09. The number of aliphatic carboxylic acids is 1. The van der Waals surface area contributed by atoms with Gasteiger partial charge in [-0.15, -0.1) is 0 Å². The second-order valence-electron chi connectivity index (χ2n) is 6.28. The molecule has 21 heavy (non-hydrogen) atoms. The molecule has 1 aromatic carbocycles. The molecule has 1 aliphatic heterocycles. The van der Waals surface area contributed by atoms with Gasteiger partial charge in [0.15, 0.2) is 0 Å². The van der Waals surface area contributed by atoms with E-state index in [-0.39, 0.29) is 0 Å². The van der Waals surface area contributed by atoms with Crippen LogP contribution in [0.4, 0.5) is 0 Å². The SMILES string of the molecule is CC1CCC(C(=O)O)(N2CCCNCC2)c2ccccc21. The van der Waals surface area contributed by atoms with Gasteiger partial charge in [-0.1, -0.05) is 31.2 Å². The Kier molecular flexibility index (Phi) is 4.00. The highest BCUT2D eigenvalue weighted by Gasteiger charge is 2.49. The molecule has 0 bridgehead atoms. The highest BCUT2D eigenvalue weighted by molar-refractivity contribution is 5.82. The molecular formula is C17H24N2O2. The van der Waals surface area contributed by atoms with Crippen molar-refractivity contribution in [2.75, 3.05) is 26.2 Å². The van der Waals surface area contributed by atoms with Crippen LogP contribution in [0.15, 0.2) is 24.3 Å². The van der Waals surface area contributed by atoms with E-state index in [1.165, 1.54) is 5.56 Å². The molecule has 2 N–H and O–H groups in total. The average molecular weight is 288 g/mol. The summed E-state index contributed by atoms with van der Waals surface area (Å²) < 4.78 is 0.